The minimum atomic E-state index is -1.67. The number of allylic oxidation sites excluding steroid dienone is 6. The molecule has 1 fully saturated rings. The molecule has 0 aromatic heterocycles. The van der Waals surface area contributed by atoms with Crippen LogP contribution in [0.1, 0.15) is 303 Å². The second kappa shape index (κ2) is 53.9. The van der Waals surface area contributed by atoms with Gasteiger partial charge in [0.15, 0.2) is 6.29 Å². The molecule has 11 heteroatoms. The maximum atomic E-state index is 13.2. The van der Waals surface area contributed by atoms with Gasteiger partial charge in [0.25, 0.3) is 0 Å². The summed E-state index contributed by atoms with van der Waals surface area (Å²) < 4.78 is 11.2. The summed E-state index contributed by atoms with van der Waals surface area (Å²) in [5.41, 5.74) is 0. The first-order valence-corrected chi connectivity index (χ1v) is 32.4. The van der Waals surface area contributed by atoms with Gasteiger partial charge in [-0.25, -0.2) is 0 Å². The molecule has 8 N–H and O–H groups in total. The monoisotopic (exact) mass is 1080 g/mol. The lowest BCUT2D eigenvalue weighted by molar-refractivity contribution is -0.303. The molecular weight excluding hydrogens is 955 g/mol. The van der Waals surface area contributed by atoms with E-state index >= 15 is 0 Å². The minimum absolute atomic E-state index is 0.246. The number of rotatable bonds is 56. The minimum Gasteiger partial charge on any atom is -0.394 e. The number of aliphatic hydroxyl groups is 7. The third-order valence-electron chi connectivity index (χ3n) is 15.6. The van der Waals surface area contributed by atoms with Crippen LogP contribution in [0, 0.1) is 0 Å². The number of nitrogens with one attached hydrogen (secondary N) is 1. The predicted octanol–water partition coefficient (Wildman–Crippen LogP) is 14.6. The average Bonchev–Trinajstić information content (AvgIpc) is 3.42. The number of carbonyl (C=O) groups is 1. The van der Waals surface area contributed by atoms with Gasteiger partial charge in [-0.05, 0) is 77.0 Å². The molecule has 1 amide bonds. The fourth-order valence-corrected chi connectivity index (χ4v) is 10.4. The van der Waals surface area contributed by atoms with Gasteiger partial charge in [0.05, 0.1) is 25.4 Å². The van der Waals surface area contributed by atoms with Gasteiger partial charge in [0, 0.05) is 0 Å². The highest BCUT2D eigenvalue weighted by molar-refractivity contribution is 5.80. The third-order valence-corrected chi connectivity index (χ3v) is 15.6. The Labute approximate surface area is 467 Å². The van der Waals surface area contributed by atoms with Crippen LogP contribution >= 0.6 is 0 Å². The van der Waals surface area contributed by atoms with E-state index in [4.69, 9.17) is 9.47 Å². The zero-order chi connectivity index (χ0) is 55.4. The summed E-state index contributed by atoms with van der Waals surface area (Å²) in [4.78, 5) is 13.2. The summed E-state index contributed by atoms with van der Waals surface area (Å²) in [5, 5.41) is 76.3. The highest BCUT2D eigenvalue weighted by atomic mass is 16.7. The second-order valence-corrected chi connectivity index (χ2v) is 22.8. The van der Waals surface area contributed by atoms with Crippen molar-refractivity contribution in [3.05, 3.63) is 36.5 Å². The van der Waals surface area contributed by atoms with Crippen LogP contribution < -0.4 is 5.32 Å². The molecular formula is C65H123NO10. The van der Waals surface area contributed by atoms with E-state index in [1.165, 1.54) is 212 Å². The van der Waals surface area contributed by atoms with E-state index in [1.54, 1.807) is 0 Å². The van der Waals surface area contributed by atoms with Gasteiger partial charge in [0.2, 0.25) is 5.91 Å². The van der Waals surface area contributed by atoms with Gasteiger partial charge in [-0.15, -0.1) is 0 Å². The van der Waals surface area contributed by atoms with Crippen molar-refractivity contribution in [1.29, 1.82) is 0 Å². The van der Waals surface area contributed by atoms with E-state index in [0.717, 1.165) is 44.9 Å². The summed E-state index contributed by atoms with van der Waals surface area (Å²) in [6, 6.07) is -1.19. The SMILES string of the molecule is CCCCCCCCCCCCCC/C=C\CCCCCCCCCCC(O)C(=O)NC(COC1OC(CO)C(O)C(O)C1O)C(O)C(O)CCC/C=C/CC/C=C/CCCCCCCCCCCCCCCCCC. The topological polar surface area (TPSA) is 189 Å². The molecule has 0 spiro atoms. The third kappa shape index (κ3) is 41.4. The summed E-state index contributed by atoms with van der Waals surface area (Å²) in [7, 11) is 0. The number of unbranched alkanes of at least 4 members (excludes halogenated alkanes) is 38. The number of amides is 1. The average molecular weight is 1080 g/mol. The molecule has 0 bridgehead atoms. The largest absolute Gasteiger partial charge is 0.394 e. The van der Waals surface area contributed by atoms with Gasteiger partial charge in [-0.3, -0.25) is 4.79 Å². The predicted molar refractivity (Wildman–Crippen MR) is 316 cm³/mol. The fourth-order valence-electron chi connectivity index (χ4n) is 10.4. The van der Waals surface area contributed by atoms with E-state index in [1.807, 2.05) is 0 Å². The van der Waals surface area contributed by atoms with Gasteiger partial charge < -0.3 is 50.5 Å². The molecule has 11 nitrogen and oxygen atoms in total. The van der Waals surface area contributed by atoms with E-state index in [0.29, 0.717) is 19.3 Å². The van der Waals surface area contributed by atoms with E-state index in [-0.39, 0.29) is 12.8 Å². The number of hydrogen-bond acceptors (Lipinski definition) is 10. The normalized spacial score (nSPS) is 19.8. The zero-order valence-electron chi connectivity index (χ0n) is 49.2. The van der Waals surface area contributed by atoms with Crippen LogP contribution in [-0.4, -0.2) is 110 Å². The Morgan fingerprint density at radius 3 is 1.17 bits per heavy atom. The van der Waals surface area contributed by atoms with Gasteiger partial charge in [-0.2, -0.15) is 0 Å². The molecule has 1 heterocycles. The van der Waals surface area contributed by atoms with Crippen molar-refractivity contribution >= 4 is 5.91 Å². The molecule has 76 heavy (non-hydrogen) atoms. The van der Waals surface area contributed by atoms with Crippen LogP contribution in [-0.2, 0) is 14.3 Å². The lowest BCUT2D eigenvalue weighted by Gasteiger charge is -2.40. The molecule has 448 valence electrons. The molecule has 1 aliphatic rings. The highest BCUT2D eigenvalue weighted by Crippen LogP contribution is 2.23. The first-order valence-electron chi connectivity index (χ1n) is 32.4. The van der Waals surface area contributed by atoms with Crippen LogP contribution in [0.2, 0.25) is 0 Å². The molecule has 0 saturated carbocycles. The Hall–Kier alpha value is -1.67. The van der Waals surface area contributed by atoms with Crippen LogP contribution in [0.5, 0.6) is 0 Å². The maximum Gasteiger partial charge on any atom is 0.249 e. The zero-order valence-corrected chi connectivity index (χ0v) is 49.2. The Morgan fingerprint density at radius 2 is 0.789 bits per heavy atom. The van der Waals surface area contributed by atoms with E-state index in [2.05, 4.69) is 55.6 Å². The van der Waals surface area contributed by atoms with Crippen molar-refractivity contribution in [3.8, 4) is 0 Å². The lowest BCUT2D eigenvalue weighted by atomic mass is 9.98. The van der Waals surface area contributed by atoms with Crippen molar-refractivity contribution in [2.75, 3.05) is 13.2 Å². The summed E-state index contributed by atoms with van der Waals surface area (Å²) >= 11 is 0. The van der Waals surface area contributed by atoms with Gasteiger partial charge in [-0.1, -0.05) is 262 Å². The number of ether oxygens (including phenoxy) is 2. The molecule has 1 saturated heterocycles. The van der Waals surface area contributed by atoms with Gasteiger partial charge >= 0.3 is 0 Å². The van der Waals surface area contributed by atoms with Crippen LogP contribution in [0.4, 0.5) is 0 Å². The number of aliphatic hydroxyl groups excluding tert-OH is 7. The highest BCUT2D eigenvalue weighted by Gasteiger charge is 2.44. The number of carbonyl (C=O) groups excluding carboxylic acids is 1. The maximum absolute atomic E-state index is 13.2. The summed E-state index contributed by atoms with van der Waals surface area (Å²) in [6.07, 6.45) is 56.4. The van der Waals surface area contributed by atoms with Crippen LogP contribution in [0.3, 0.4) is 0 Å². The molecule has 1 rings (SSSR count). The van der Waals surface area contributed by atoms with Crippen molar-refractivity contribution in [3.63, 3.8) is 0 Å². The second-order valence-electron chi connectivity index (χ2n) is 22.8. The quantitative estimate of drug-likeness (QED) is 0.0215. The fraction of sp³-hybridized carbons (Fsp3) is 0.892. The molecule has 9 atom stereocenters. The van der Waals surface area contributed by atoms with E-state index in [9.17, 15) is 40.5 Å². The Balaban J connectivity index is 2.29. The van der Waals surface area contributed by atoms with Crippen molar-refractivity contribution in [2.24, 2.45) is 0 Å². The van der Waals surface area contributed by atoms with Crippen molar-refractivity contribution in [2.45, 2.75) is 358 Å². The Morgan fingerprint density at radius 1 is 0.447 bits per heavy atom. The lowest BCUT2D eigenvalue weighted by Crippen LogP contribution is -2.60. The van der Waals surface area contributed by atoms with Crippen LogP contribution in [0.15, 0.2) is 36.5 Å². The van der Waals surface area contributed by atoms with Crippen molar-refractivity contribution < 1.29 is 50.0 Å². The van der Waals surface area contributed by atoms with E-state index < -0.39 is 74.2 Å². The standard InChI is InChI=1S/C65H123NO10/c1-3-5-7-9-11-13-15-17-19-21-23-25-27-29-31-32-34-36-38-40-42-44-46-48-50-52-57(68)60(70)56(55-75-65-63(73)62(72)61(71)59(54-67)76-65)66-64(74)58(69)53-51-49-47-45-43-41-39-37-35-33-30-28-26-24-22-20-18-16-14-12-10-8-6-4-2/h30,33,36,38,44,46,56-63,65,67-73H,3-29,31-32,34-35,37,39-43,45,47-55H2,1-2H3,(H,66,74)/b33-30-,38-36+,46-44+. The smallest absolute Gasteiger partial charge is 0.249 e. The summed E-state index contributed by atoms with van der Waals surface area (Å²) in [6.45, 7) is 3.48. The first kappa shape index (κ1) is 72.3. The molecule has 0 radical (unpaired) electrons. The molecule has 0 aliphatic carbocycles. The number of hydrogen-bond donors (Lipinski definition) is 8. The first-order chi connectivity index (χ1) is 37.2. The van der Waals surface area contributed by atoms with Crippen LogP contribution in [0.25, 0.3) is 0 Å². The molecule has 9 unspecified atom stereocenters. The molecule has 1 aliphatic heterocycles. The molecule has 0 aromatic carbocycles. The van der Waals surface area contributed by atoms with Crippen molar-refractivity contribution in [1.82, 2.24) is 5.32 Å². The van der Waals surface area contributed by atoms with Gasteiger partial charge in [0.1, 0.15) is 36.6 Å². The summed E-state index contributed by atoms with van der Waals surface area (Å²) in [5.74, 6) is -0.709. The Bertz CT molecular complexity index is 1330. The molecule has 0 aromatic rings. The Kier molecular flexibility index (Phi) is 51.3.